The molecule has 0 bridgehead atoms. The Morgan fingerprint density at radius 3 is 2.50 bits per heavy atom. The summed E-state index contributed by atoms with van der Waals surface area (Å²) >= 11 is 0. The standard InChI is InChI=1S/C12H16O3S/c1-3-4-10-12(15-16(2,13)14)11-8-6-5-7-9-11/h3,5-9,12H,1,4,10H2,2H3. The lowest BCUT2D eigenvalue weighted by atomic mass is 10.1. The summed E-state index contributed by atoms with van der Waals surface area (Å²) in [6.07, 6.45) is 3.72. The molecule has 0 fully saturated rings. The number of rotatable bonds is 6. The molecule has 1 unspecified atom stereocenters. The molecule has 1 atom stereocenters. The monoisotopic (exact) mass is 240 g/mol. The summed E-state index contributed by atoms with van der Waals surface area (Å²) in [5, 5.41) is 0. The van der Waals surface area contributed by atoms with Crippen LogP contribution < -0.4 is 0 Å². The highest BCUT2D eigenvalue weighted by molar-refractivity contribution is 7.86. The lowest BCUT2D eigenvalue weighted by Gasteiger charge is -2.15. The largest absolute Gasteiger partial charge is 0.264 e. The van der Waals surface area contributed by atoms with Crippen molar-refractivity contribution in [1.29, 1.82) is 0 Å². The molecule has 1 aromatic rings. The summed E-state index contributed by atoms with van der Waals surface area (Å²) in [6.45, 7) is 3.62. The molecular weight excluding hydrogens is 224 g/mol. The Morgan fingerprint density at radius 1 is 1.38 bits per heavy atom. The molecule has 0 aliphatic heterocycles. The van der Waals surface area contributed by atoms with Gasteiger partial charge in [-0.25, -0.2) is 0 Å². The van der Waals surface area contributed by atoms with Crippen LogP contribution in [-0.4, -0.2) is 14.7 Å². The van der Waals surface area contributed by atoms with E-state index in [-0.39, 0.29) is 0 Å². The number of benzene rings is 1. The van der Waals surface area contributed by atoms with Gasteiger partial charge in [-0.05, 0) is 18.4 Å². The van der Waals surface area contributed by atoms with Gasteiger partial charge in [0.15, 0.2) is 0 Å². The third-order valence-electron chi connectivity index (χ3n) is 2.10. The van der Waals surface area contributed by atoms with Crippen molar-refractivity contribution < 1.29 is 12.6 Å². The Morgan fingerprint density at radius 2 is 2.00 bits per heavy atom. The Kier molecular flexibility index (Phi) is 4.71. The molecule has 0 aromatic heterocycles. The second-order valence-corrected chi connectivity index (χ2v) is 5.17. The first-order valence-corrected chi connectivity index (χ1v) is 6.88. The van der Waals surface area contributed by atoms with E-state index >= 15 is 0 Å². The van der Waals surface area contributed by atoms with E-state index in [4.69, 9.17) is 4.18 Å². The zero-order valence-corrected chi connectivity index (χ0v) is 10.1. The predicted molar refractivity (Wildman–Crippen MR) is 64.5 cm³/mol. The molecule has 16 heavy (non-hydrogen) atoms. The van der Waals surface area contributed by atoms with Crippen LogP contribution in [0.4, 0.5) is 0 Å². The van der Waals surface area contributed by atoms with E-state index in [2.05, 4.69) is 6.58 Å². The van der Waals surface area contributed by atoms with Crippen LogP contribution in [0.1, 0.15) is 24.5 Å². The molecule has 0 N–H and O–H groups in total. The third-order valence-corrected chi connectivity index (χ3v) is 2.68. The van der Waals surface area contributed by atoms with E-state index in [0.717, 1.165) is 18.2 Å². The minimum atomic E-state index is -3.44. The van der Waals surface area contributed by atoms with Crippen molar-refractivity contribution in [3.63, 3.8) is 0 Å². The lowest BCUT2D eigenvalue weighted by Crippen LogP contribution is -2.10. The summed E-state index contributed by atoms with van der Waals surface area (Å²) in [5.74, 6) is 0. The van der Waals surface area contributed by atoms with Crippen LogP contribution in [0.5, 0.6) is 0 Å². The topological polar surface area (TPSA) is 43.4 Å². The average Bonchev–Trinajstić information content (AvgIpc) is 2.24. The molecule has 3 nitrogen and oxygen atoms in total. The maximum atomic E-state index is 11.1. The third kappa shape index (κ3) is 4.59. The molecule has 1 aromatic carbocycles. The second kappa shape index (κ2) is 5.82. The SMILES string of the molecule is C=CCCC(OS(C)(=O)=O)c1ccccc1. The number of hydrogen-bond donors (Lipinski definition) is 0. The maximum absolute atomic E-state index is 11.1. The van der Waals surface area contributed by atoms with Crippen LogP contribution in [0, 0.1) is 0 Å². The van der Waals surface area contributed by atoms with Crippen molar-refractivity contribution in [1.82, 2.24) is 0 Å². The molecule has 0 aliphatic rings. The van der Waals surface area contributed by atoms with Gasteiger partial charge >= 0.3 is 0 Å². The number of hydrogen-bond acceptors (Lipinski definition) is 3. The zero-order chi connectivity index (χ0) is 12.0. The Labute approximate surface area is 96.9 Å². The second-order valence-electron chi connectivity index (χ2n) is 3.57. The Bertz CT molecular complexity index is 423. The van der Waals surface area contributed by atoms with E-state index in [9.17, 15) is 8.42 Å². The molecule has 0 saturated heterocycles. The van der Waals surface area contributed by atoms with Gasteiger partial charge in [0.1, 0.15) is 6.10 Å². The maximum Gasteiger partial charge on any atom is 0.264 e. The zero-order valence-electron chi connectivity index (χ0n) is 9.30. The van der Waals surface area contributed by atoms with Gasteiger partial charge in [0.05, 0.1) is 6.26 Å². The fourth-order valence-electron chi connectivity index (χ4n) is 1.42. The van der Waals surface area contributed by atoms with E-state index < -0.39 is 16.2 Å². The summed E-state index contributed by atoms with van der Waals surface area (Å²) in [6, 6.07) is 9.33. The van der Waals surface area contributed by atoms with E-state index in [1.807, 2.05) is 30.3 Å². The quantitative estimate of drug-likeness (QED) is 0.567. The van der Waals surface area contributed by atoms with Crippen LogP contribution in [0.25, 0.3) is 0 Å². The summed E-state index contributed by atoms with van der Waals surface area (Å²) in [4.78, 5) is 0. The minimum Gasteiger partial charge on any atom is -0.262 e. The van der Waals surface area contributed by atoms with Gasteiger partial charge < -0.3 is 0 Å². The van der Waals surface area contributed by atoms with E-state index in [0.29, 0.717) is 6.42 Å². The van der Waals surface area contributed by atoms with Gasteiger partial charge in [0.2, 0.25) is 0 Å². The Hall–Kier alpha value is -1.13. The fourth-order valence-corrected chi connectivity index (χ4v) is 2.05. The van der Waals surface area contributed by atoms with Gasteiger partial charge in [-0.1, -0.05) is 36.4 Å². The van der Waals surface area contributed by atoms with Crippen molar-refractivity contribution >= 4 is 10.1 Å². The average molecular weight is 240 g/mol. The molecule has 0 aliphatic carbocycles. The number of allylic oxidation sites excluding steroid dienone is 1. The van der Waals surface area contributed by atoms with Gasteiger partial charge in [-0.15, -0.1) is 6.58 Å². The van der Waals surface area contributed by atoms with E-state index in [1.54, 1.807) is 6.08 Å². The summed E-state index contributed by atoms with van der Waals surface area (Å²) in [7, 11) is -3.44. The van der Waals surface area contributed by atoms with Gasteiger partial charge in [-0.3, -0.25) is 4.18 Å². The summed E-state index contributed by atoms with van der Waals surface area (Å²) < 4.78 is 27.3. The van der Waals surface area contributed by atoms with Gasteiger partial charge in [0.25, 0.3) is 10.1 Å². The molecule has 0 spiro atoms. The van der Waals surface area contributed by atoms with Crippen LogP contribution >= 0.6 is 0 Å². The highest BCUT2D eigenvalue weighted by Gasteiger charge is 2.16. The first-order chi connectivity index (χ1) is 7.53. The van der Waals surface area contributed by atoms with Crippen molar-refractivity contribution in [2.45, 2.75) is 18.9 Å². The van der Waals surface area contributed by atoms with Crippen molar-refractivity contribution in [3.8, 4) is 0 Å². The fraction of sp³-hybridized carbons (Fsp3) is 0.333. The summed E-state index contributed by atoms with van der Waals surface area (Å²) in [5.41, 5.74) is 0.870. The highest BCUT2D eigenvalue weighted by Crippen LogP contribution is 2.24. The molecule has 0 saturated carbocycles. The van der Waals surface area contributed by atoms with Crippen LogP contribution in [0.15, 0.2) is 43.0 Å². The van der Waals surface area contributed by atoms with Crippen LogP contribution in [-0.2, 0) is 14.3 Å². The molecule has 0 heterocycles. The van der Waals surface area contributed by atoms with Gasteiger partial charge in [0, 0.05) is 0 Å². The van der Waals surface area contributed by atoms with Gasteiger partial charge in [-0.2, -0.15) is 8.42 Å². The molecule has 0 radical (unpaired) electrons. The smallest absolute Gasteiger partial charge is 0.262 e. The Balaban J connectivity index is 2.83. The van der Waals surface area contributed by atoms with Crippen LogP contribution in [0.2, 0.25) is 0 Å². The first kappa shape index (κ1) is 12.9. The van der Waals surface area contributed by atoms with Crippen molar-refractivity contribution in [2.75, 3.05) is 6.26 Å². The molecule has 1 rings (SSSR count). The normalized spacial score (nSPS) is 13.3. The predicted octanol–water partition coefficient (Wildman–Crippen LogP) is 2.67. The van der Waals surface area contributed by atoms with Crippen LogP contribution in [0.3, 0.4) is 0 Å². The van der Waals surface area contributed by atoms with Crippen molar-refractivity contribution in [2.24, 2.45) is 0 Å². The van der Waals surface area contributed by atoms with E-state index in [1.165, 1.54) is 0 Å². The van der Waals surface area contributed by atoms with Crippen molar-refractivity contribution in [3.05, 3.63) is 48.6 Å². The lowest BCUT2D eigenvalue weighted by molar-refractivity contribution is 0.206. The minimum absolute atomic E-state index is 0.422. The molecular formula is C12H16O3S. The first-order valence-electron chi connectivity index (χ1n) is 5.07. The molecule has 4 heteroatoms. The highest BCUT2D eigenvalue weighted by atomic mass is 32.2. The molecule has 88 valence electrons. The molecule has 0 amide bonds.